The van der Waals surface area contributed by atoms with Gasteiger partial charge in [-0.1, -0.05) is 31.8 Å². The molecular formula is C14H23NO. The van der Waals surface area contributed by atoms with E-state index in [9.17, 15) is 4.79 Å². The molecule has 1 N–H and O–H groups in total. The Morgan fingerprint density at radius 3 is 2.38 bits per heavy atom. The average Bonchev–Trinajstić information content (AvgIpc) is 2.68. The lowest BCUT2D eigenvalue weighted by atomic mass is 9.85. The van der Waals surface area contributed by atoms with Crippen molar-refractivity contribution in [2.75, 3.05) is 6.54 Å². The van der Waals surface area contributed by atoms with E-state index < -0.39 is 0 Å². The SMILES string of the molecule is C#CCN/C=C\C.CC(=O)C1(C)CCCC1. The first-order valence-electron chi connectivity index (χ1n) is 5.86. The third-order valence-corrected chi connectivity index (χ3v) is 3.05. The number of Topliss-reactive ketones (excluding diaryl/α,β-unsaturated/α-hetero) is 1. The third kappa shape index (κ3) is 5.60. The first-order chi connectivity index (χ1) is 7.56. The minimum Gasteiger partial charge on any atom is -0.380 e. The second-order valence-electron chi connectivity index (χ2n) is 4.41. The van der Waals surface area contributed by atoms with Crippen LogP contribution in [0.1, 0.15) is 46.5 Å². The maximum Gasteiger partial charge on any atom is 0.135 e. The molecule has 0 aromatic heterocycles. The molecule has 0 saturated heterocycles. The van der Waals surface area contributed by atoms with Crippen molar-refractivity contribution in [2.45, 2.75) is 46.5 Å². The number of hydrogen-bond acceptors (Lipinski definition) is 2. The van der Waals surface area contributed by atoms with Gasteiger partial charge < -0.3 is 5.32 Å². The van der Waals surface area contributed by atoms with Crippen molar-refractivity contribution in [2.24, 2.45) is 5.41 Å². The number of nitrogens with one attached hydrogen (secondary N) is 1. The normalized spacial score (nSPS) is 17.4. The molecule has 2 nitrogen and oxygen atoms in total. The van der Waals surface area contributed by atoms with Gasteiger partial charge in [-0.15, -0.1) is 6.42 Å². The molecule has 0 aliphatic heterocycles. The van der Waals surface area contributed by atoms with E-state index in [0.29, 0.717) is 12.3 Å². The monoisotopic (exact) mass is 221 g/mol. The van der Waals surface area contributed by atoms with E-state index in [1.165, 1.54) is 12.8 Å². The summed E-state index contributed by atoms with van der Waals surface area (Å²) in [4.78, 5) is 11.0. The summed E-state index contributed by atoms with van der Waals surface area (Å²) in [6, 6.07) is 0. The van der Waals surface area contributed by atoms with Crippen LogP contribution in [0.2, 0.25) is 0 Å². The summed E-state index contributed by atoms with van der Waals surface area (Å²) in [7, 11) is 0. The van der Waals surface area contributed by atoms with Crippen LogP contribution in [0.25, 0.3) is 0 Å². The Labute approximate surface area is 99.5 Å². The summed E-state index contributed by atoms with van der Waals surface area (Å²) in [6.45, 7) is 6.35. The summed E-state index contributed by atoms with van der Waals surface area (Å²) in [5, 5.41) is 2.87. The van der Waals surface area contributed by atoms with Gasteiger partial charge >= 0.3 is 0 Å². The fourth-order valence-corrected chi connectivity index (χ4v) is 1.74. The van der Waals surface area contributed by atoms with E-state index >= 15 is 0 Å². The smallest absolute Gasteiger partial charge is 0.135 e. The number of allylic oxidation sites excluding steroid dienone is 1. The molecule has 0 bridgehead atoms. The molecule has 1 rings (SSSR count). The topological polar surface area (TPSA) is 29.1 Å². The van der Waals surface area contributed by atoms with E-state index in [2.05, 4.69) is 18.2 Å². The molecule has 1 fully saturated rings. The van der Waals surface area contributed by atoms with Crippen molar-refractivity contribution in [3.8, 4) is 12.3 Å². The lowest BCUT2D eigenvalue weighted by Crippen LogP contribution is -2.20. The van der Waals surface area contributed by atoms with Crippen molar-refractivity contribution in [1.82, 2.24) is 5.32 Å². The summed E-state index contributed by atoms with van der Waals surface area (Å²) in [5.74, 6) is 2.82. The van der Waals surface area contributed by atoms with Crippen LogP contribution in [0, 0.1) is 17.8 Å². The first kappa shape index (κ1) is 14.8. The van der Waals surface area contributed by atoms with Crippen LogP contribution in [0.3, 0.4) is 0 Å². The first-order valence-corrected chi connectivity index (χ1v) is 5.86. The van der Waals surface area contributed by atoms with Crippen molar-refractivity contribution in [3.05, 3.63) is 12.3 Å². The van der Waals surface area contributed by atoms with E-state index in [4.69, 9.17) is 6.42 Å². The predicted octanol–water partition coefficient (Wildman–Crippen LogP) is 2.90. The molecule has 0 radical (unpaired) electrons. The van der Waals surface area contributed by atoms with Gasteiger partial charge in [-0.05, 0) is 32.9 Å². The molecule has 0 aromatic rings. The summed E-state index contributed by atoms with van der Waals surface area (Å²) in [5.41, 5.74) is 0.0556. The van der Waals surface area contributed by atoms with E-state index in [1.807, 2.05) is 19.2 Å². The molecule has 2 heteroatoms. The van der Waals surface area contributed by atoms with Gasteiger partial charge in [-0.3, -0.25) is 4.79 Å². The van der Waals surface area contributed by atoms with Crippen molar-refractivity contribution in [3.63, 3.8) is 0 Å². The Morgan fingerprint density at radius 1 is 1.50 bits per heavy atom. The van der Waals surface area contributed by atoms with E-state index in [1.54, 1.807) is 6.92 Å². The highest BCUT2D eigenvalue weighted by atomic mass is 16.1. The van der Waals surface area contributed by atoms with Gasteiger partial charge in [0.25, 0.3) is 0 Å². The van der Waals surface area contributed by atoms with Crippen LogP contribution in [-0.2, 0) is 4.79 Å². The molecular weight excluding hydrogens is 198 g/mol. The second-order valence-corrected chi connectivity index (χ2v) is 4.41. The predicted molar refractivity (Wildman–Crippen MR) is 68.9 cm³/mol. The van der Waals surface area contributed by atoms with E-state index in [0.717, 1.165) is 12.8 Å². The third-order valence-electron chi connectivity index (χ3n) is 3.05. The zero-order valence-electron chi connectivity index (χ0n) is 10.7. The Hall–Kier alpha value is -1.23. The maximum absolute atomic E-state index is 11.0. The number of carbonyl (C=O) groups excluding carboxylic acids is 1. The lowest BCUT2D eigenvalue weighted by molar-refractivity contribution is -0.125. The van der Waals surface area contributed by atoms with Crippen molar-refractivity contribution in [1.29, 1.82) is 0 Å². The molecule has 0 heterocycles. The Balaban J connectivity index is 0.000000293. The van der Waals surface area contributed by atoms with Crippen LogP contribution in [0.15, 0.2) is 12.3 Å². The molecule has 0 spiro atoms. The summed E-state index contributed by atoms with van der Waals surface area (Å²) >= 11 is 0. The highest BCUT2D eigenvalue weighted by Gasteiger charge is 2.32. The van der Waals surface area contributed by atoms with Crippen LogP contribution < -0.4 is 5.32 Å². The molecule has 0 aromatic carbocycles. The molecule has 0 unspecified atom stereocenters. The van der Waals surface area contributed by atoms with Crippen LogP contribution in [-0.4, -0.2) is 12.3 Å². The standard InChI is InChI=1S/C8H14O.C6H9N/c1-7(9)8(2)5-3-4-6-8;1-3-5-7-6-4-2/h3-6H2,1-2H3;1,4,6-7H,5H2,2H3/b;6-4-. The number of carbonyl (C=O) groups is 1. The van der Waals surface area contributed by atoms with Gasteiger partial charge in [-0.2, -0.15) is 0 Å². The molecule has 0 amide bonds. The van der Waals surface area contributed by atoms with Crippen LogP contribution in [0.5, 0.6) is 0 Å². The largest absolute Gasteiger partial charge is 0.380 e. The quantitative estimate of drug-likeness (QED) is 0.586. The van der Waals surface area contributed by atoms with Crippen LogP contribution in [0.4, 0.5) is 0 Å². The number of terminal acetylenes is 1. The number of hydrogen-bond donors (Lipinski definition) is 1. The fourth-order valence-electron chi connectivity index (χ4n) is 1.74. The van der Waals surface area contributed by atoms with Gasteiger partial charge in [0.15, 0.2) is 0 Å². The second kappa shape index (κ2) is 7.98. The van der Waals surface area contributed by atoms with Gasteiger partial charge in [0.1, 0.15) is 5.78 Å². The summed E-state index contributed by atoms with van der Waals surface area (Å²) < 4.78 is 0. The average molecular weight is 221 g/mol. The Bertz CT molecular complexity index is 267. The molecule has 1 aliphatic rings. The Morgan fingerprint density at radius 2 is 2.06 bits per heavy atom. The van der Waals surface area contributed by atoms with Crippen LogP contribution >= 0.6 is 0 Å². The Kier molecular flexibility index (Phi) is 7.37. The van der Waals surface area contributed by atoms with Crippen molar-refractivity contribution < 1.29 is 4.79 Å². The van der Waals surface area contributed by atoms with Gasteiger partial charge in [0, 0.05) is 5.41 Å². The molecule has 1 aliphatic carbocycles. The van der Waals surface area contributed by atoms with Crippen molar-refractivity contribution >= 4 is 5.78 Å². The number of ketones is 1. The fraction of sp³-hybridized carbons (Fsp3) is 0.643. The zero-order chi connectivity index (χ0) is 12.4. The molecule has 90 valence electrons. The molecule has 16 heavy (non-hydrogen) atoms. The highest BCUT2D eigenvalue weighted by molar-refractivity contribution is 5.82. The molecule has 0 atom stereocenters. The van der Waals surface area contributed by atoms with Gasteiger partial charge in [-0.25, -0.2) is 0 Å². The summed E-state index contributed by atoms with van der Waals surface area (Å²) in [6.07, 6.45) is 13.4. The lowest BCUT2D eigenvalue weighted by Gasteiger charge is -2.18. The maximum atomic E-state index is 11.0. The molecule has 1 saturated carbocycles. The van der Waals surface area contributed by atoms with Gasteiger partial charge in [0.05, 0.1) is 6.54 Å². The number of rotatable bonds is 3. The zero-order valence-corrected chi connectivity index (χ0v) is 10.7. The van der Waals surface area contributed by atoms with E-state index in [-0.39, 0.29) is 5.41 Å². The van der Waals surface area contributed by atoms with Gasteiger partial charge in [0.2, 0.25) is 0 Å². The highest BCUT2D eigenvalue weighted by Crippen LogP contribution is 2.37. The minimum atomic E-state index is 0.0556. The minimum absolute atomic E-state index is 0.0556.